The van der Waals surface area contributed by atoms with Crippen LogP contribution in [0.4, 0.5) is 0 Å². The topological polar surface area (TPSA) is 75.6 Å². The van der Waals surface area contributed by atoms with Crippen molar-refractivity contribution in [3.63, 3.8) is 0 Å². The van der Waals surface area contributed by atoms with Crippen molar-refractivity contribution in [2.45, 2.75) is 15.9 Å². The van der Waals surface area contributed by atoms with E-state index in [1.165, 1.54) is 13.2 Å². The van der Waals surface area contributed by atoms with Crippen LogP contribution >= 0.6 is 11.8 Å². The van der Waals surface area contributed by atoms with E-state index in [0.29, 0.717) is 5.56 Å². The van der Waals surface area contributed by atoms with Gasteiger partial charge in [0, 0.05) is 11.4 Å². The molecule has 0 spiro atoms. The van der Waals surface area contributed by atoms with Gasteiger partial charge in [-0.15, -0.1) is 11.8 Å². The highest BCUT2D eigenvalue weighted by molar-refractivity contribution is 7.98. The van der Waals surface area contributed by atoms with Gasteiger partial charge in [-0.1, -0.05) is 24.3 Å². The second kappa shape index (κ2) is 7.83. The average Bonchev–Trinajstić information content (AvgIpc) is 2.59. The van der Waals surface area contributed by atoms with Crippen molar-refractivity contribution in [3.05, 3.63) is 54.1 Å². The molecule has 0 bridgehead atoms. The number of sulfonamides is 1. The third-order valence-corrected chi connectivity index (χ3v) is 5.53. The van der Waals surface area contributed by atoms with Crippen LogP contribution in [0.25, 0.3) is 0 Å². The first-order valence-electron chi connectivity index (χ1n) is 6.92. The molecule has 0 aliphatic heterocycles. The number of aliphatic hydroxyl groups excluding tert-OH is 1. The Bertz CT molecular complexity index is 745. The Morgan fingerprint density at radius 3 is 2.43 bits per heavy atom. The van der Waals surface area contributed by atoms with E-state index in [0.717, 1.165) is 4.90 Å². The Morgan fingerprint density at radius 1 is 1.17 bits per heavy atom. The summed E-state index contributed by atoms with van der Waals surface area (Å²) in [6.45, 7) is -0.112. The zero-order valence-electron chi connectivity index (χ0n) is 12.9. The van der Waals surface area contributed by atoms with Crippen molar-refractivity contribution >= 4 is 21.8 Å². The lowest BCUT2D eigenvalue weighted by atomic mass is 10.1. The summed E-state index contributed by atoms with van der Waals surface area (Å²) in [5, 5.41) is 10.2. The van der Waals surface area contributed by atoms with E-state index in [1.54, 1.807) is 42.1 Å². The molecule has 124 valence electrons. The first-order chi connectivity index (χ1) is 11.0. The van der Waals surface area contributed by atoms with E-state index in [2.05, 4.69) is 4.72 Å². The summed E-state index contributed by atoms with van der Waals surface area (Å²) in [7, 11) is -2.34. The summed E-state index contributed by atoms with van der Waals surface area (Å²) in [4.78, 5) is 1.13. The number of benzene rings is 2. The van der Waals surface area contributed by atoms with E-state index in [-0.39, 0.29) is 17.2 Å². The lowest BCUT2D eigenvalue weighted by Gasteiger charge is -2.14. The van der Waals surface area contributed by atoms with Gasteiger partial charge >= 0.3 is 0 Å². The quantitative estimate of drug-likeness (QED) is 0.748. The number of aliphatic hydroxyl groups is 1. The van der Waals surface area contributed by atoms with Crippen molar-refractivity contribution in [1.82, 2.24) is 4.72 Å². The number of hydrogen-bond acceptors (Lipinski definition) is 5. The molecular weight excluding hydrogens is 334 g/mol. The molecule has 0 aromatic heterocycles. The van der Waals surface area contributed by atoms with Gasteiger partial charge in [0.2, 0.25) is 10.0 Å². The fourth-order valence-electron chi connectivity index (χ4n) is 2.05. The number of para-hydroxylation sites is 1. The highest BCUT2D eigenvalue weighted by Crippen LogP contribution is 2.23. The monoisotopic (exact) mass is 353 g/mol. The molecule has 0 saturated carbocycles. The van der Waals surface area contributed by atoms with Crippen LogP contribution in [-0.2, 0) is 10.0 Å². The molecule has 23 heavy (non-hydrogen) atoms. The third-order valence-electron chi connectivity index (χ3n) is 3.33. The standard InChI is InChI=1S/C16H19NO4S2/c1-21-15-5-3-4-6-16(15)23(19,20)17-11-14(18)12-7-9-13(22-2)10-8-12/h3-10,14,17-18H,11H2,1-2H3. The van der Waals surface area contributed by atoms with Crippen LogP contribution in [0.15, 0.2) is 58.3 Å². The number of hydrogen-bond donors (Lipinski definition) is 2. The largest absolute Gasteiger partial charge is 0.495 e. The molecule has 0 heterocycles. The first-order valence-corrected chi connectivity index (χ1v) is 9.63. The Hall–Kier alpha value is -1.54. The lowest BCUT2D eigenvalue weighted by molar-refractivity contribution is 0.182. The third kappa shape index (κ3) is 4.48. The van der Waals surface area contributed by atoms with Crippen molar-refractivity contribution < 1.29 is 18.3 Å². The zero-order chi connectivity index (χ0) is 16.9. The van der Waals surface area contributed by atoms with Crippen LogP contribution in [-0.4, -0.2) is 33.4 Å². The molecule has 1 atom stereocenters. The lowest BCUT2D eigenvalue weighted by Crippen LogP contribution is -2.28. The van der Waals surface area contributed by atoms with Crippen LogP contribution in [0, 0.1) is 0 Å². The number of rotatable bonds is 7. The second-order valence-electron chi connectivity index (χ2n) is 4.79. The smallest absolute Gasteiger partial charge is 0.244 e. The Balaban J connectivity index is 2.09. The molecule has 5 nitrogen and oxygen atoms in total. The summed E-state index contributed by atoms with van der Waals surface area (Å²) in [6.07, 6.45) is 1.04. The van der Waals surface area contributed by atoms with E-state index < -0.39 is 16.1 Å². The molecule has 0 fully saturated rings. The van der Waals surface area contributed by atoms with Crippen LogP contribution in [0.1, 0.15) is 11.7 Å². The number of thioether (sulfide) groups is 1. The maximum absolute atomic E-state index is 12.3. The van der Waals surface area contributed by atoms with Crippen molar-refractivity contribution in [3.8, 4) is 5.75 Å². The molecule has 7 heteroatoms. The summed E-state index contributed by atoms with van der Waals surface area (Å²) < 4.78 is 32.2. The van der Waals surface area contributed by atoms with Crippen molar-refractivity contribution in [2.75, 3.05) is 19.9 Å². The van der Waals surface area contributed by atoms with Gasteiger partial charge in [0.15, 0.2) is 0 Å². The highest BCUT2D eigenvalue weighted by Gasteiger charge is 2.20. The van der Waals surface area contributed by atoms with Gasteiger partial charge in [-0.3, -0.25) is 0 Å². The predicted octanol–water partition coefficient (Wildman–Crippen LogP) is 2.43. The Kier molecular flexibility index (Phi) is 6.06. The van der Waals surface area contributed by atoms with Gasteiger partial charge in [-0.05, 0) is 36.1 Å². The summed E-state index contributed by atoms with van der Waals surface area (Å²) >= 11 is 1.60. The van der Waals surface area contributed by atoms with E-state index >= 15 is 0 Å². The minimum absolute atomic E-state index is 0.0485. The number of methoxy groups -OCH3 is 1. The van der Waals surface area contributed by atoms with Gasteiger partial charge in [0.1, 0.15) is 10.6 Å². The maximum atomic E-state index is 12.3. The van der Waals surface area contributed by atoms with Gasteiger partial charge in [0.25, 0.3) is 0 Å². The molecule has 2 N–H and O–H groups in total. The van der Waals surface area contributed by atoms with Crippen LogP contribution in [0.2, 0.25) is 0 Å². The van der Waals surface area contributed by atoms with E-state index in [9.17, 15) is 13.5 Å². The normalized spacial score (nSPS) is 12.8. The van der Waals surface area contributed by atoms with Crippen molar-refractivity contribution in [1.29, 1.82) is 0 Å². The predicted molar refractivity (Wildman–Crippen MR) is 91.4 cm³/mol. The van der Waals surface area contributed by atoms with Crippen LogP contribution in [0.3, 0.4) is 0 Å². The average molecular weight is 353 g/mol. The molecule has 2 aromatic rings. The van der Waals surface area contributed by atoms with E-state index in [4.69, 9.17) is 4.74 Å². The van der Waals surface area contributed by atoms with E-state index in [1.807, 2.05) is 18.4 Å². The van der Waals surface area contributed by atoms with Gasteiger partial charge in [0.05, 0.1) is 13.2 Å². The zero-order valence-corrected chi connectivity index (χ0v) is 14.5. The van der Waals surface area contributed by atoms with Crippen molar-refractivity contribution in [2.24, 2.45) is 0 Å². The van der Waals surface area contributed by atoms with Gasteiger partial charge in [-0.2, -0.15) is 0 Å². The minimum atomic E-state index is -3.76. The molecule has 0 amide bonds. The highest BCUT2D eigenvalue weighted by atomic mass is 32.2. The fraction of sp³-hybridized carbons (Fsp3) is 0.250. The molecule has 0 saturated heterocycles. The van der Waals surface area contributed by atoms with Crippen LogP contribution < -0.4 is 9.46 Å². The first kappa shape index (κ1) is 17.8. The molecule has 0 aliphatic carbocycles. The molecule has 0 aliphatic rings. The molecule has 2 aromatic carbocycles. The summed E-state index contributed by atoms with van der Waals surface area (Å²) in [5.41, 5.74) is 0.658. The minimum Gasteiger partial charge on any atom is -0.495 e. The van der Waals surface area contributed by atoms with Crippen LogP contribution in [0.5, 0.6) is 5.75 Å². The molecule has 1 unspecified atom stereocenters. The number of ether oxygens (including phenoxy) is 1. The van der Waals surface area contributed by atoms with Gasteiger partial charge in [-0.25, -0.2) is 13.1 Å². The van der Waals surface area contributed by atoms with Gasteiger partial charge < -0.3 is 9.84 Å². The summed E-state index contributed by atoms with van der Waals surface area (Å²) in [6, 6.07) is 13.7. The SMILES string of the molecule is COc1ccccc1S(=O)(=O)NCC(O)c1ccc(SC)cc1. The maximum Gasteiger partial charge on any atom is 0.244 e. The fourth-order valence-corrected chi connectivity index (χ4v) is 3.67. The Morgan fingerprint density at radius 2 is 1.83 bits per heavy atom. The Labute approximate surface area is 140 Å². The molecular formula is C16H19NO4S2. The summed E-state index contributed by atoms with van der Waals surface area (Å²) in [5.74, 6) is 0.263. The number of nitrogens with one attached hydrogen (secondary N) is 1. The molecule has 2 rings (SSSR count). The molecule has 0 radical (unpaired) electrons. The second-order valence-corrected chi connectivity index (χ2v) is 7.41.